The van der Waals surface area contributed by atoms with Crippen LogP contribution in [0.25, 0.3) is 0 Å². The monoisotopic (exact) mass is 238 g/mol. The molecule has 0 radical (unpaired) electrons. The van der Waals surface area contributed by atoms with Gasteiger partial charge < -0.3 is 15.4 Å². The summed E-state index contributed by atoms with van der Waals surface area (Å²) >= 11 is 2.02. The van der Waals surface area contributed by atoms with E-state index in [1.165, 1.54) is 17.2 Å². The van der Waals surface area contributed by atoms with Gasteiger partial charge in [-0.25, -0.2) is 0 Å². The number of anilines is 2. The first-order valence-electron chi connectivity index (χ1n) is 5.50. The number of rotatable bonds is 2. The summed E-state index contributed by atoms with van der Waals surface area (Å²) in [5, 5.41) is 0. The first-order valence-corrected chi connectivity index (χ1v) is 6.65. The molecule has 2 N–H and O–H groups in total. The summed E-state index contributed by atoms with van der Waals surface area (Å²) in [6, 6.07) is 6.60. The number of ether oxygens (including phenoxy) is 1. The molecule has 1 unspecified atom stereocenters. The van der Waals surface area contributed by atoms with Gasteiger partial charge in [-0.2, -0.15) is 11.8 Å². The van der Waals surface area contributed by atoms with Crippen molar-refractivity contribution in [1.29, 1.82) is 0 Å². The van der Waals surface area contributed by atoms with Gasteiger partial charge in [0.05, 0.1) is 12.8 Å². The van der Waals surface area contributed by atoms with Crippen LogP contribution in [-0.2, 0) is 0 Å². The van der Waals surface area contributed by atoms with Gasteiger partial charge in [0.1, 0.15) is 5.75 Å². The van der Waals surface area contributed by atoms with E-state index in [0.717, 1.165) is 12.3 Å². The van der Waals surface area contributed by atoms with Crippen LogP contribution < -0.4 is 15.4 Å². The third kappa shape index (κ3) is 2.21. The minimum Gasteiger partial charge on any atom is -0.495 e. The molecule has 0 aliphatic carbocycles. The fourth-order valence-corrected chi connectivity index (χ4v) is 3.00. The molecule has 3 nitrogen and oxygen atoms in total. The first kappa shape index (κ1) is 11.5. The molecule has 4 heteroatoms. The highest BCUT2D eigenvalue weighted by Gasteiger charge is 2.19. The van der Waals surface area contributed by atoms with Crippen LogP contribution in [0.15, 0.2) is 18.2 Å². The Hall–Kier alpha value is -1.03. The molecule has 1 atom stereocenters. The summed E-state index contributed by atoms with van der Waals surface area (Å²) in [6.45, 7) is 3.36. The fraction of sp³-hybridized carbons (Fsp3) is 0.500. The van der Waals surface area contributed by atoms with Crippen LogP contribution in [0.1, 0.15) is 6.92 Å². The Morgan fingerprint density at radius 2 is 2.31 bits per heavy atom. The zero-order valence-corrected chi connectivity index (χ0v) is 10.6. The largest absolute Gasteiger partial charge is 0.495 e. The fourth-order valence-electron chi connectivity index (χ4n) is 1.99. The van der Waals surface area contributed by atoms with Crippen molar-refractivity contribution >= 4 is 23.1 Å². The van der Waals surface area contributed by atoms with Gasteiger partial charge >= 0.3 is 0 Å². The normalized spacial score (nSPS) is 20.9. The van der Waals surface area contributed by atoms with Gasteiger partial charge in [-0.1, -0.05) is 0 Å². The Morgan fingerprint density at radius 1 is 1.50 bits per heavy atom. The summed E-state index contributed by atoms with van der Waals surface area (Å²) in [5.74, 6) is 3.15. The Kier molecular flexibility index (Phi) is 3.49. The SMILES string of the molecule is COc1cc(N2CCSCC2C)ccc1N. The molecule has 16 heavy (non-hydrogen) atoms. The number of thioether (sulfide) groups is 1. The molecule has 1 aromatic carbocycles. The van der Waals surface area contributed by atoms with Crippen LogP contribution in [0.4, 0.5) is 11.4 Å². The molecule has 0 spiro atoms. The van der Waals surface area contributed by atoms with E-state index in [1.807, 2.05) is 23.9 Å². The summed E-state index contributed by atoms with van der Waals surface area (Å²) in [4.78, 5) is 2.42. The highest BCUT2D eigenvalue weighted by atomic mass is 32.2. The van der Waals surface area contributed by atoms with Gasteiger partial charge in [-0.3, -0.25) is 0 Å². The van der Waals surface area contributed by atoms with E-state index < -0.39 is 0 Å². The van der Waals surface area contributed by atoms with Gasteiger partial charge in [-0.05, 0) is 19.1 Å². The predicted molar refractivity (Wildman–Crippen MR) is 71.5 cm³/mol. The number of hydrogen-bond acceptors (Lipinski definition) is 4. The molecule has 2 rings (SSSR count). The predicted octanol–water partition coefficient (Wildman–Crippen LogP) is 2.22. The number of nitrogen functional groups attached to an aromatic ring is 1. The van der Waals surface area contributed by atoms with Crippen molar-refractivity contribution in [2.24, 2.45) is 0 Å². The molecule has 0 amide bonds. The molecule has 1 aromatic rings. The average Bonchev–Trinajstić information content (AvgIpc) is 2.31. The van der Waals surface area contributed by atoms with Crippen LogP contribution in [0, 0.1) is 0 Å². The van der Waals surface area contributed by atoms with Crippen LogP contribution in [0.3, 0.4) is 0 Å². The number of nitrogens with two attached hydrogens (primary N) is 1. The molecule has 0 aromatic heterocycles. The first-order chi connectivity index (χ1) is 7.72. The van der Waals surface area contributed by atoms with Crippen molar-refractivity contribution < 1.29 is 4.74 Å². The zero-order chi connectivity index (χ0) is 11.5. The molecule has 0 saturated carbocycles. The minimum atomic E-state index is 0.576. The zero-order valence-electron chi connectivity index (χ0n) is 9.77. The standard InChI is InChI=1S/C12H18N2OS/c1-9-8-16-6-5-14(9)10-3-4-11(13)12(7-10)15-2/h3-4,7,9H,5-6,8,13H2,1-2H3. The van der Waals surface area contributed by atoms with E-state index in [0.29, 0.717) is 11.7 Å². The summed E-state index contributed by atoms with van der Waals surface area (Å²) in [6.07, 6.45) is 0. The highest BCUT2D eigenvalue weighted by Crippen LogP contribution is 2.30. The second-order valence-electron chi connectivity index (χ2n) is 4.04. The maximum Gasteiger partial charge on any atom is 0.143 e. The van der Waals surface area contributed by atoms with E-state index in [-0.39, 0.29) is 0 Å². The lowest BCUT2D eigenvalue weighted by molar-refractivity contribution is 0.417. The van der Waals surface area contributed by atoms with Gasteiger partial charge in [0, 0.05) is 35.8 Å². The topological polar surface area (TPSA) is 38.5 Å². The van der Waals surface area contributed by atoms with Gasteiger partial charge in [0.2, 0.25) is 0 Å². The number of hydrogen-bond donors (Lipinski definition) is 1. The van der Waals surface area contributed by atoms with Crippen molar-refractivity contribution in [3.05, 3.63) is 18.2 Å². The van der Waals surface area contributed by atoms with E-state index in [1.54, 1.807) is 7.11 Å². The van der Waals surface area contributed by atoms with Crippen molar-refractivity contribution in [1.82, 2.24) is 0 Å². The molecule has 1 aliphatic rings. The van der Waals surface area contributed by atoms with Crippen LogP contribution in [-0.4, -0.2) is 31.2 Å². The lowest BCUT2D eigenvalue weighted by Gasteiger charge is -2.35. The molecule has 88 valence electrons. The van der Waals surface area contributed by atoms with Crippen molar-refractivity contribution in [2.45, 2.75) is 13.0 Å². The van der Waals surface area contributed by atoms with E-state index in [9.17, 15) is 0 Å². The smallest absolute Gasteiger partial charge is 0.143 e. The van der Waals surface area contributed by atoms with E-state index in [2.05, 4.69) is 17.9 Å². The molecular weight excluding hydrogens is 220 g/mol. The van der Waals surface area contributed by atoms with Crippen LogP contribution in [0.2, 0.25) is 0 Å². The van der Waals surface area contributed by atoms with Gasteiger partial charge in [0.25, 0.3) is 0 Å². The number of benzene rings is 1. The highest BCUT2D eigenvalue weighted by molar-refractivity contribution is 7.99. The van der Waals surface area contributed by atoms with Gasteiger partial charge in [0.15, 0.2) is 0 Å². The average molecular weight is 238 g/mol. The van der Waals surface area contributed by atoms with Crippen molar-refractivity contribution in [3.8, 4) is 5.75 Å². The number of nitrogens with zero attached hydrogens (tertiary/aromatic N) is 1. The third-order valence-corrected chi connectivity index (χ3v) is 4.11. The lowest BCUT2D eigenvalue weighted by Crippen LogP contribution is -2.40. The summed E-state index contributed by atoms with van der Waals surface area (Å²) < 4.78 is 5.25. The molecule has 0 bridgehead atoms. The van der Waals surface area contributed by atoms with Gasteiger partial charge in [-0.15, -0.1) is 0 Å². The lowest BCUT2D eigenvalue weighted by atomic mass is 10.2. The Morgan fingerprint density at radius 3 is 3.00 bits per heavy atom. The summed E-state index contributed by atoms with van der Waals surface area (Å²) in [5.41, 5.74) is 7.72. The maximum absolute atomic E-state index is 5.82. The number of methoxy groups -OCH3 is 1. The quantitative estimate of drug-likeness (QED) is 0.802. The Labute approximate surface area is 101 Å². The van der Waals surface area contributed by atoms with E-state index in [4.69, 9.17) is 10.5 Å². The molecule has 1 fully saturated rings. The van der Waals surface area contributed by atoms with Crippen molar-refractivity contribution in [3.63, 3.8) is 0 Å². The molecule has 1 aliphatic heterocycles. The molecule has 1 heterocycles. The Balaban J connectivity index is 2.25. The van der Waals surface area contributed by atoms with Crippen molar-refractivity contribution in [2.75, 3.05) is 35.8 Å². The summed E-state index contributed by atoms with van der Waals surface area (Å²) in [7, 11) is 1.66. The third-order valence-electron chi connectivity index (χ3n) is 2.92. The molecule has 1 saturated heterocycles. The van der Waals surface area contributed by atoms with Crippen LogP contribution >= 0.6 is 11.8 Å². The molecular formula is C12H18N2OS. The van der Waals surface area contributed by atoms with E-state index >= 15 is 0 Å². The maximum atomic E-state index is 5.82. The Bertz CT molecular complexity index is 370. The second-order valence-corrected chi connectivity index (χ2v) is 5.19. The van der Waals surface area contributed by atoms with Crippen LogP contribution in [0.5, 0.6) is 5.75 Å². The second kappa shape index (κ2) is 4.87. The minimum absolute atomic E-state index is 0.576.